The average Bonchev–Trinajstić information content (AvgIpc) is 2.41. The first-order chi connectivity index (χ1) is 9.11. The summed E-state index contributed by atoms with van der Waals surface area (Å²) in [5.41, 5.74) is 7.26. The molecule has 1 heterocycles. The van der Waals surface area contributed by atoms with Gasteiger partial charge >= 0.3 is 0 Å². The zero-order valence-corrected chi connectivity index (χ0v) is 11.4. The minimum absolute atomic E-state index is 0.0746. The lowest BCUT2D eigenvalue weighted by atomic mass is 10.2. The predicted octanol–water partition coefficient (Wildman–Crippen LogP) is 1.91. The van der Waals surface area contributed by atoms with E-state index in [9.17, 15) is 5.11 Å². The van der Waals surface area contributed by atoms with Gasteiger partial charge in [-0.3, -0.25) is 0 Å². The van der Waals surface area contributed by atoms with Gasteiger partial charge in [-0.05, 0) is 6.07 Å². The molecule has 0 unspecified atom stereocenters. The monoisotopic (exact) mass is 279 g/mol. The summed E-state index contributed by atoms with van der Waals surface area (Å²) < 4.78 is 7.41. The van der Waals surface area contributed by atoms with Crippen molar-refractivity contribution in [3.63, 3.8) is 0 Å². The van der Waals surface area contributed by atoms with Crippen molar-refractivity contribution in [3.8, 4) is 11.5 Å². The summed E-state index contributed by atoms with van der Waals surface area (Å²) in [6.45, 7) is 0.657. The maximum atomic E-state index is 9.87. The molecule has 0 aliphatic rings. The van der Waals surface area contributed by atoms with E-state index in [2.05, 4.69) is 0 Å². The second-order valence-electron chi connectivity index (χ2n) is 4.21. The molecular formula is C14H16ClN2O2+. The summed E-state index contributed by atoms with van der Waals surface area (Å²) >= 11 is 6.04. The number of halogens is 1. The third-order valence-electron chi connectivity index (χ3n) is 2.87. The summed E-state index contributed by atoms with van der Waals surface area (Å²) in [6, 6.07) is 9.04. The number of ether oxygens (including phenoxy) is 1. The van der Waals surface area contributed by atoms with Gasteiger partial charge in [-0.2, -0.15) is 0 Å². The SMILES string of the molecule is C[n+]1cc(OCc2ccccc2Cl)c(O)cc1CN. The van der Waals surface area contributed by atoms with Gasteiger partial charge in [-0.15, -0.1) is 0 Å². The quantitative estimate of drug-likeness (QED) is 0.841. The fraction of sp³-hybridized carbons (Fsp3) is 0.214. The highest BCUT2D eigenvalue weighted by Gasteiger charge is 2.13. The molecule has 1 aromatic carbocycles. The maximum Gasteiger partial charge on any atom is 0.226 e. The summed E-state index contributed by atoms with van der Waals surface area (Å²) in [7, 11) is 1.85. The minimum Gasteiger partial charge on any atom is -0.504 e. The van der Waals surface area contributed by atoms with E-state index in [1.54, 1.807) is 18.3 Å². The molecule has 1 aromatic heterocycles. The molecule has 0 atom stereocenters. The van der Waals surface area contributed by atoms with Crippen LogP contribution in [0.3, 0.4) is 0 Å². The number of rotatable bonds is 4. The normalized spacial score (nSPS) is 10.5. The maximum absolute atomic E-state index is 9.87. The van der Waals surface area contributed by atoms with E-state index in [0.717, 1.165) is 11.3 Å². The molecule has 4 nitrogen and oxygen atoms in total. The van der Waals surface area contributed by atoms with Crippen molar-refractivity contribution in [1.82, 2.24) is 0 Å². The molecule has 2 aromatic rings. The Kier molecular flexibility index (Phi) is 4.24. The van der Waals surface area contributed by atoms with Gasteiger partial charge in [0.25, 0.3) is 0 Å². The van der Waals surface area contributed by atoms with Crippen LogP contribution in [0.15, 0.2) is 36.5 Å². The van der Waals surface area contributed by atoms with Crippen LogP contribution in [0.2, 0.25) is 5.02 Å². The molecule has 100 valence electrons. The summed E-state index contributed by atoms with van der Waals surface area (Å²) in [6.07, 6.45) is 1.70. The smallest absolute Gasteiger partial charge is 0.226 e. The molecule has 19 heavy (non-hydrogen) atoms. The van der Waals surface area contributed by atoms with Gasteiger partial charge in [-0.1, -0.05) is 29.8 Å². The fourth-order valence-corrected chi connectivity index (χ4v) is 1.93. The van der Waals surface area contributed by atoms with Gasteiger partial charge in [-0.25, -0.2) is 4.57 Å². The van der Waals surface area contributed by atoms with Gasteiger partial charge in [0.15, 0.2) is 11.4 Å². The first-order valence-corrected chi connectivity index (χ1v) is 6.27. The highest BCUT2D eigenvalue weighted by molar-refractivity contribution is 6.31. The van der Waals surface area contributed by atoms with Crippen molar-refractivity contribution in [2.24, 2.45) is 12.8 Å². The molecule has 0 saturated heterocycles. The Labute approximate surface area is 117 Å². The Morgan fingerprint density at radius 3 is 2.79 bits per heavy atom. The Morgan fingerprint density at radius 1 is 1.37 bits per heavy atom. The van der Waals surface area contributed by atoms with E-state index in [0.29, 0.717) is 23.9 Å². The number of hydrogen-bond donors (Lipinski definition) is 2. The Hall–Kier alpha value is -1.78. The molecule has 2 rings (SSSR count). The molecule has 0 amide bonds. The van der Waals surface area contributed by atoms with Gasteiger partial charge < -0.3 is 15.6 Å². The Bertz CT molecular complexity index is 588. The third-order valence-corrected chi connectivity index (χ3v) is 3.24. The molecule has 0 spiro atoms. The predicted molar refractivity (Wildman–Crippen MR) is 73.0 cm³/mol. The highest BCUT2D eigenvalue weighted by Crippen LogP contribution is 2.26. The molecule has 0 saturated carbocycles. The summed E-state index contributed by atoms with van der Waals surface area (Å²) in [5.74, 6) is 0.477. The Morgan fingerprint density at radius 2 is 2.11 bits per heavy atom. The first kappa shape index (κ1) is 13.6. The van der Waals surface area contributed by atoms with Crippen LogP contribution >= 0.6 is 11.6 Å². The van der Waals surface area contributed by atoms with Gasteiger partial charge in [0, 0.05) is 10.6 Å². The van der Waals surface area contributed by atoms with Crippen molar-refractivity contribution in [2.75, 3.05) is 0 Å². The van der Waals surface area contributed by atoms with Crippen LogP contribution in [0, 0.1) is 0 Å². The number of hydrogen-bond acceptors (Lipinski definition) is 3. The molecule has 0 aliphatic carbocycles. The second kappa shape index (κ2) is 5.91. The van der Waals surface area contributed by atoms with Crippen molar-refractivity contribution in [1.29, 1.82) is 0 Å². The average molecular weight is 280 g/mol. The molecule has 0 bridgehead atoms. The van der Waals surface area contributed by atoms with Gasteiger partial charge in [0.2, 0.25) is 11.9 Å². The van der Waals surface area contributed by atoms with E-state index in [1.807, 2.05) is 29.8 Å². The lowest BCUT2D eigenvalue weighted by molar-refractivity contribution is -0.679. The zero-order valence-electron chi connectivity index (χ0n) is 10.6. The number of pyridine rings is 1. The fourth-order valence-electron chi connectivity index (χ4n) is 1.74. The van der Waals surface area contributed by atoms with E-state index in [1.165, 1.54) is 0 Å². The van der Waals surface area contributed by atoms with Crippen LogP contribution in [-0.2, 0) is 20.2 Å². The number of benzene rings is 1. The number of aromatic nitrogens is 1. The van der Waals surface area contributed by atoms with Crippen molar-refractivity contribution in [2.45, 2.75) is 13.2 Å². The molecule has 0 aliphatic heterocycles. The Balaban J connectivity index is 2.16. The highest BCUT2D eigenvalue weighted by atomic mass is 35.5. The minimum atomic E-state index is 0.0746. The molecule has 3 N–H and O–H groups in total. The van der Waals surface area contributed by atoms with Crippen molar-refractivity contribution in [3.05, 3.63) is 52.8 Å². The lowest BCUT2D eigenvalue weighted by Gasteiger charge is -2.09. The van der Waals surface area contributed by atoms with Crippen LogP contribution in [0.5, 0.6) is 11.5 Å². The van der Waals surface area contributed by atoms with E-state index in [4.69, 9.17) is 22.1 Å². The van der Waals surface area contributed by atoms with Crippen molar-refractivity contribution >= 4 is 11.6 Å². The van der Waals surface area contributed by atoms with Crippen LogP contribution in [0.4, 0.5) is 0 Å². The first-order valence-electron chi connectivity index (χ1n) is 5.89. The second-order valence-corrected chi connectivity index (χ2v) is 4.62. The van der Waals surface area contributed by atoms with Crippen LogP contribution in [0.25, 0.3) is 0 Å². The van der Waals surface area contributed by atoms with E-state index < -0.39 is 0 Å². The number of aryl methyl sites for hydroxylation is 1. The van der Waals surface area contributed by atoms with Crippen molar-refractivity contribution < 1.29 is 14.4 Å². The standard InChI is InChI=1S/C14H15ClN2O2/c1-17-8-14(13(18)6-11(17)7-16)19-9-10-4-2-3-5-12(10)15/h2-6,8H,7,9,16H2,1H3/p+1. The lowest BCUT2D eigenvalue weighted by Crippen LogP contribution is -2.34. The van der Waals surface area contributed by atoms with Crippen LogP contribution in [-0.4, -0.2) is 5.11 Å². The topological polar surface area (TPSA) is 59.4 Å². The van der Waals surface area contributed by atoms with Crippen LogP contribution in [0.1, 0.15) is 11.3 Å². The summed E-state index contributed by atoms with van der Waals surface area (Å²) in [4.78, 5) is 0. The zero-order chi connectivity index (χ0) is 13.8. The van der Waals surface area contributed by atoms with Gasteiger partial charge in [0.1, 0.15) is 13.7 Å². The third kappa shape index (κ3) is 3.16. The molecule has 0 radical (unpaired) electrons. The van der Waals surface area contributed by atoms with Gasteiger partial charge in [0.05, 0.1) is 12.6 Å². The van der Waals surface area contributed by atoms with E-state index in [-0.39, 0.29) is 5.75 Å². The number of nitrogens with zero attached hydrogens (tertiary/aromatic N) is 1. The molecular weight excluding hydrogens is 264 g/mol. The van der Waals surface area contributed by atoms with E-state index >= 15 is 0 Å². The summed E-state index contributed by atoms with van der Waals surface area (Å²) in [5, 5.41) is 10.5. The van der Waals surface area contributed by atoms with Crippen LogP contribution < -0.4 is 15.0 Å². The molecule has 0 fully saturated rings. The molecule has 5 heteroatoms. The number of aromatic hydroxyl groups is 1. The largest absolute Gasteiger partial charge is 0.504 e. The number of nitrogens with two attached hydrogens (primary N) is 1.